The zero-order chi connectivity index (χ0) is 13.2. The molecule has 5 heteroatoms. The number of nitrogens with zero attached hydrogens (tertiary/aromatic N) is 3. The molecule has 3 rings (SSSR count). The molecule has 1 atom stereocenters. The van der Waals surface area contributed by atoms with Gasteiger partial charge in [0.15, 0.2) is 0 Å². The van der Waals surface area contributed by atoms with E-state index in [4.69, 9.17) is 11.6 Å². The number of hydrogen-bond donors (Lipinski definition) is 1. The minimum Gasteiger partial charge on any atom is -0.309 e. The van der Waals surface area contributed by atoms with Crippen LogP contribution in [0, 0.1) is 0 Å². The van der Waals surface area contributed by atoms with Crippen molar-refractivity contribution >= 4 is 17.1 Å². The molecule has 1 aromatic carbocycles. The number of nitrogens with one attached hydrogen (secondary N) is 1. The fourth-order valence-corrected chi connectivity index (χ4v) is 2.46. The third-order valence-corrected chi connectivity index (χ3v) is 3.37. The second-order valence-electron chi connectivity index (χ2n) is 4.28. The number of halogens is 1. The van der Waals surface area contributed by atoms with E-state index in [9.17, 15) is 0 Å². The van der Waals surface area contributed by atoms with Gasteiger partial charge >= 0.3 is 0 Å². The van der Waals surface area contributed by atoms with Crippen molar-refractivity contribution in [2.45, 2.75) is 6.04 Å². The Kier molecular flexibility index (Phi) is 3.19. The number of benzene rings is 1. The Morgan fingerprint density at radius 3 is 3.00 bits per heavy atom. The molecule has 19 heavy (non-hydrogen) atoms. The molecular weight excluding hydrogens is 260 g/mol. The molecule has 96 valence electrons. The molecule has 0 bridgehead atoms. The maximum absolute atomic E-state index is 6.06. The van der Waals surface area contributed by atoms with Crippen LogP contribution in [0.3, 0.4) is 0 Å². The van der Waals surface area contributed by atoms with Crippen LogP contribution in [0.5, 0.6) is 0 Å². The summed E-state index contributed by atoms with van der Waals surface area (Å²) in [6.45, 7) is 0. The Morgan fingerprint density at radius 2 is 2.21 bits per heavy atom. The first-order valence-electron chi connectivity index (χ1n) is 5.99. The summed E-state index contributed by atoms with van der Waals surface area (Å²) < 4.78 is 1.82. The Labute approximate surface area is 116 Å². The summed E-state index contributed by atoms with van der Waals surface area (Å²) in [7, 11) is 1.92. The highest BCUT2D eigenvalue weighted by atomic mass is 35.5. The Bertz CT molecular complexity index is 707. The molecule has 0 radical (unpaired) electrons. The van der Waals surface area contributed by atoms with Crippen LogP contribution in [0.4, 0.5) is 0 Å². The highest BCUT2D eigenvalue weighted by Gasteiger charge is 2.17. The van der Waals surface area contributed by atoms with E-state index >= 15 is 0 Å². The van der Waals surface area contributed by atoms with Crippen molar-refractivity contribution in [3.63, 3.8) is 0 Å². The summed E-state index contributed by atoms with van der Waals surface area (Å²) in [6.07, 6.45) is 7.23. The van der Waals surface area contributed by atoms with Crippen LogP contribution in [0.1, 0.15) is 17.2 Å². The third-order valence-electron chi connectivity index (χ3n) is 3.14. The van der Waals surface area contributed by atoms with Crippen LogP contribution in [-0.4, -0.2) is 21.6 Å². The third kappa shape index (κ3) is 2.20. The molecule has 2 aromatic heterocycles. The second kappa shape index (κ2) is 4.99. The quantitative estimate of drug-likeness (QED) is 0.797. The topological polar surface area (TPSA) is 42.2 Å². The fourth-order valence-electron chi connectivity index (χ4n) is 2.26. The molecule has 0 amide bonds. The van der Waals surface area contributed by atoms with Gasteiger partial charge in [0.05, 0.1) is 24.0 Å². The minimum atomic E-state index is 0.0420. The zero-order valence-corrected chi connectivity index (χ0v) is 11.2. The average Bonchev–Trinajstić information content (AvgIpc) is 2.84. The van der Waals surface area contributed by atoms with Gasteiger partial charge < -0.3 is 5.32 Å². The lowest BCUT2D eigenvalue weighted by atomic mass is 10.0. The molecule has 0 aliphatic rings. The highest BCUT2D eigenvalue weighted by molar-refractivity contribution is 6.30. The molecule has 0 aliphatic carbocycles. The molecular formula is C14H13ClN4. The lowest BCUT2D eigenvalue weighted by Gasteiger charge is -2.15. The molecule has 2 heterocycles. The first kappa shape index (κ1) is 12.1. The first-order chi connectivity index (χ1) is 9.29. The molecule has 1 unspecified atom stereocenters. The smallest absolute Gasteiger partial charge is 0.0896 e. The van der Waals surface area contributed by atoms with Crippen molar-refractivity contribution in [2.75, 3.05) is 7.05 Å². The number of rotatable bonds is 3. The first-order valence-corrected chi connectivity index (χ1v) is 6.37. The van der Waals surface area contributed by atoms with Crippen molar-refractivity contribution in [1.82, 2.24) is 19.9 Å². The average molecular weight is 273 g/mol. The normalized spacial score (nSPS) is 12.7. The lowest BCUT2D eigenvalue weighted by Crippen LogP contribution is -2.17. The number of hydrogen-bond acceptors (Lipinski definition) is 3. The summed E-state index contributed by atoms with van der Waals surface area (Å²) in [6, 6.07) is 7.87. The van der Waals surface area contributed by atoms with Gasteiger partial charge in [-0.05, 0) is 24.7 Å². The molecule has 0 saturated carbocycles. The van der Waals surface area contributed by atoms with Gasteiger partial charge in [-0.25, -0.2) is 4.52 Å². The van der Waals surface area contributed by atoms with Gasteiger partial charge in [0.25, 0.3) is 0 Å². The highest BCUT2D eigenvalue weighted by Crippen LogP contribution is 2.26. The van der Waals surface area contributed by atoms with E-state index < -0.39 is 0 Å². The van der Waals surface area contributed by atoms with E-state index in [1.54, 1.807) is 6.20 Å². The predicted molar refractivity (Wildman–Crippen MR) is 75.3 cm³/mol. The van der Waals surface area contributed by atoms with Crippen LogP contribution >= 0.6 is 11.6 Å². The molecule has 4 nitrogen and oxygen atoms in total. The van der Waals surface area contributed by atoms with Crippen LogP contribution < -0.4 is 5.32 Å². The van der Waals surface area contributed by atoms with Crippen molar-refractivity contribution < 1.29 is 0 Å². The van der Waals surface area contributed by atoms with E-state index in [0.717, 1.165) is 21.7 Å². The minimum absolute atomic E-state index is 0.0420. The second-order valence-corrected chi connectivity index (χ2v) is 4.72. The summed E-state index contributed by atoms with van der Waals surface area (Å²) >= 11 is 6.06. The largest absolute Gasteiger partial charge is 0.309 e. The van der Waals surface area contributed by atoms with Crippen molar-refractivity contribution in [3.05, 3.63) is 65.2 Å². The van der Waals surface area contributed by atoms with Gasteiger partial charge in [-0.1, -0.05) is 23.7 Å². The monoisotopic (exact) mass is 272 g/mol. The van der Waals surface area contributed by atoms with E-state index in [2.05, 4.69) is 15.4 Å². The molecule has 0 aliphatic heterocycles. The molecule has 0 spiro atoms. The molecule has 3 aromatic rings. The van der Waals surface area contributed by atoms with Crippen molar-refractivity contribution in [2.24, 2.45) is 0 Å². The summed E-state index contributed by atoms with van der Waals surface area (Å²) in [4.78, 5) is 4.16. The van der Waals surface area contributed by atoms with Gasteiger partial charge in [0, 0.05) is 23.0 Å². The van der Waals surface area contributed by atoms with Gasteiger partial charge in [0.1, 0.15) is 0 Å². The Morgan fingerprint density at radius 1 is 1.32 bits per heavy atom. The summed E-state index contributed by atoms with van der Waals surface area (Å²) in [5.74, 6) is 0. The van der Waals surface area contributed by atoms with Gasteiger partial charge in [-0.3, -0.25) is 4.98 Å². The zero-order valence-electron chi connectivity index (χ0n) is 10.4. The van der Waals surface area contributed by atoms with Gasteiger partial charge in [0.2, 0.25) is 0 Å². The SMILES string of the molecule is CNC(c1cccc(Cl)c1)c1cnn2ccncc12. The van der Waals surface area contributed by atoms with E-state index in [1.807, 2.05) is 54.4 Å². The van der Waals surface area contributed by atoms with Gasteiger partial charge in [-0.15, -0.1) is 0 Å². The predicted octanol–water partition coefficient (Wildman–Crippen LogP) is 2.69. The fraction of sp³-hybridized carbons (Fsp3) is 0.143. The van der Waals surface area contributed by atoms with Crippen LogP contribution in [0.25, 0.3) is 5.52 Å². The summed E-state index contributed by atoms with van der Waals surface area (Å²) in [5, 5.41) is 8.37. The van der Waals surface area contributed by atoms with Crippen LogP contribution in [-0.2, 0) is 0 Å². The molecule has 0 saturated heterocycles. The van der Waals surface area contributed by atoms with Crippen molar-refractivity contribution in [3.8, 4) is 0 Å². The Hall–Kier alpha value is -1.91. The molecule has 0 fully saturated rings. The summed E-state index contributed by atoms with van der Waals surface area (Å²) in [5.41, 5.74) is 3.17. The maximum atomic E-state index is 6.06. The van der Waals surface area contributed by atoms with Crippen LogP contribution in [0.15, 0.2) is 49.1 Å². The number of aromatic nitrogens is 3. The standard InChI is InChI=1S/C14H13ClN4/c1-16-14(10-3-2-4-11(15)7-10)12-8-18-19-6-5-17-9-13(12)19/h2-9,14,16H,1H3. The maximum Gasteiger partial charge on any atom is 0.0896 e. The molecule has 1 N–H and O–H groups in total. The van der Waals surface area contributed by atoms with E-state index in [-0.39, 0.29) is 6.04 Å². The van der Waals surface area contributed by atoms with Crippen LogP contribution in [0.2, 0.25) is 5.02 Å². The van der Waals surface area contributed by atoms with Crippen molar-refractivity contribution in [1.29, 1.82) is 0 Å². The lowest BCUT2D eigenvalue weighted by molar-refractivity contribution is 0.696. The van der Waals surface area contributed by atoms with E-state index in [0.29, 0.717) is 0 Å². The van der Waals surface area contributed by atoms with E-state index in [1.165, 1.54) is 0 Å². The Balaban J connectivity index is 2.12. The number of fused-ring (bicyclic) bond motifs is 1. The van der Waals surface area contributed by atoms with Gasteiger partial charge in [-0.2, -0.15) is 5.10 Å².